The first-order chi connectivity index (χ1) is 26.2. The lowest BCUT2D eigenvalue weighted by Gasteiger charge is -2.26. The lowest BCUT2D eigenvalue weighted by molar-refractivity contribution is 0.669. The molecule has 0 saturated carbocycles. The van der Waals surface area contributed by atoms with Crippen LogP contribution in [0.3, 0.4) is 0 Å². The molecule has 0 aliphatic carbocycles. The number of anilines is 3. The molecule has 0 N–H and O–H groups in total. The summed E-state index contributed by atoms with van der Waals surface area (Å²) in [6.45, 7) is 0. The maximum Gasteiger partial charge on any atom is 0.136 e. The first-order valence-electron chi connectivity index (χ1n) is 18.0. The second-order valence-corrected chi connectivity index (χ2v) is 14.8. The number of benzene rings is 9. The van der Waals surface area contributed by atoms with Gasteiger partial charge in [-0.25, -0.2) is 0 Å². The van der Waals surface area contributed by atoms with Gasteiger partial charge in [0.1, 0.15) is 11.2 Å². The summed E-state index contributed by atoms with van der Waals surface area (Å²) in [5.41, 5.74) is 10.0. The molecule has 53 heavy (non-hydrogen) atoms. The standard InChI is InChI=1S/C50H31NOS/c1-2-10-40-33(8-1)9-7-13-41(40)34-18-24-38(25-19-34)51(39-26-28-44-43-11-4-6-15-48(43)53-49(44)31-39)37-22-16-32(17-23-37)35-20-27-42-36(30-35)21-29-47-50(42)45-12-3-5-14-46(45)52-47/h1-31H. The van der Waals surface area contributed by atoms with Crippen LogP contribution in [0.4, 0.5) is 17.1 Å². The Labute approximate surface area is 310 Å². The highest BCUT2D eigenvalue weighted by Crippen LogP contribution is 2.42. The third kappa shape index (κ3) is 4.93. The quantitative estimate of drug-likeness (QED) is 0.178. The highest BCUT2D eigenvalue weighted by atomic mass is 32.1. The Morgan fingerprint density at radius 1 is 0.358 bits per heavy atom. The molecule has 0 radical (unpaired) electrons. The minimum absolute atomic E-state index is 0.925. The van der Waals surface area contributed by atoms with E-state index in [-0.39, 0.29) is 0 Å². The molecule has 9 aromatic carbocycles. The average Bonchev–Trinajstić information content (AvgIpc) is 3.79. The predicted molar refractivity (Wildman–Crippen MR) is 227 cm³/mol. The molecule has 0 unspecified atom stereocenters. The zero-order valence-electron chi connectivity index (χ0n) is 28.7. The minimum atomic E-state index is 0.925. The monoisotopic (exact) mass is 693 g/mol. The van der Waals surface area contributed by atoms with Crippen LogP contribution in [0.2, 0.25) is 0 Å². The van der Waals surface area contributed by atoms with Gasteiger partial charge in [-0.05, 0) is 104 Å². The summed E-state index contributed by atoms with van der Waals surface area (Å²) in [4.78, 5) is 2.38. The number of para-hydroxylation sites is 1. The number of hydrogen-bond donors (Lipinski definition) is 0. The van der Waals surface area contributed by atoms with Crippen molar-refractivity contribution >= 4 is 92.1 Å². The van der Waals surface area contributed by atoms with Crippen LogP contribution in [0.1, 0.15) is 0 Å². The zero-order valence-corrected chi connectivity index (χ0v) is 29.5. The Morgan fingerprint density at radius 3 is 1.85 bits per heavy atom. The fourth-order valence-electron chi connectivity index (χ4n) is 8.10. The van der Waals surface area contributed by atoms with Crippen molar-refractivity contribution in [1.82, 2.24) is 0 Å². The topological polar surface area (TPSA) is 16.4 Å². The van der Waals surface area contributed by atoms with Gasteiger partial charge in [0, 0.05) is 48.0 Å². The molecular formula is C50H31NOS. The molecule has 11 rings (SSSR count). The number of nitrogens with zero attached hydrogens (tertiary/aromatic N) is 1. The Kier molecular flexibility index (Phi) is 6.76. The second kappa shape index (κ2) is 11.9. The number of hydrogen-bond acceptors (Lipinski definition) is 3. The van der Waals surface area contributed by atoms with Gasteiger partial charge in [-0.15, -0.1) is 11.3 Å². The lowest BCUT2D eigenvalue weighted by atomic mass is 9.97. The van der Waals surface area contributed by atoms with Gasteiger partial charge in [0.2, 0.25) is 0 Å². The van der Waals surface area contributed by atoms with Crippen molar-refractivity contribution in [3.05, 3.63) is 188 Å². The Hall–Kier alpha value is -6.68. The molecule has 2 nitrogen and oxygen atoms in total. The molecule has 2 heterocycles. The van der Waals surface area contributed by atoms with Crippen LogP contribution in [0, 0.1) is 0 Å². The largest absolute Gasteiger partial charge is 0.456 e. The highest BCUT2D eigenvalue weighted by molar-refractivity contribution is 7.25. The Balaban J connectivity index is 1.00. The molecule has 248 valence electrons. The molecule has 3 heteroatoms. The molecule has 0 bridgehead atoms. The normalized spacial score (nSPS) is 11.8. The molecule has 0 aliphatic rings. The maximum atomic E-state index is 6.16. The van der Waals surface area contributed by atoms with Crippen LogP contribution in [-0.2, 0) is 0 Å². The van der Waals surface area contributed by atoms with E-state index in [1.807, 2.05) is 23.5 Å². The van der Waals surface area contributed by atoms with Gasteiger partial charge in [-0.2, -0.15) is 0 Å². The van der Waals surface area contributed by atoms with Crippen LogP contribution in [0.5, 0.6) is 0 Å². The van der Waals surface area contributed by atoms with Gasteiger partial charge in [-0.3, -0.25) is 0 Å². The summed E-state index contributed by atoms with van der Waals surface area (Å²) in [6, 6.07) is 68.1. The zero-order chi connectivity index (χ0) is 34.9. The molecule has 0 spiro atoms. The lowest BCUT2D eigenvalue weighted by Crippen LogP contribution is -2.09. The van der Waals surface area contributed by atoms with E-state index in [0.717, 1.165) is 33.6 Å². The highest BCUT2D eigenvalue weighted by Gasteiger charge is 2.17. The van der Waals surface area contributed by atoms with Crippen LogP contribution in [0.15, 0.2) is 192 Å². The summed E-state index contributed by atoms with van der Waals surface area (Å²) >= 11 is 1.85. The van der Waals surface area contributed by atoms with Crippen molar-refractivity contribution in [2.75, 3.05) is 4.90 Å². The van der Waals surface area contributed by atoms with Crippen LogP contribution in [0.25, 0.3) is 85.9 Å². The molecule has 0 aliphatic heterocycles. The van der Waals surface area contributed by atoms with Gasteiger partial charge in [-0.1, -0.05) is 127 Å². The second-order valence-electron chi connectivity index (χ2n) is 13.7. The summed E-state index contributed by atoms with van der Waals surface area (Å²) in [7, 11) is 0. The van der Waals surface area contributed by atoms with Crippen molar-refractivity contribution in [2.24, 2.45) is 0 Å². The third-order valence-electron chi connectivity index (χ3n) is 10.7. The van der Waals surface area contributed by atoms with Crippen molar-refractivity contribution < 1.29 is 4.42 Å². The van der Waals surface area contributed by atoms with E-state index >= 15 is 0 Å². The van der Waals surface area contributed by atoms with E-state index in [1.54, 1.807) is 0 Å². The SMILES string of the molecule is c1ccc2c(-c3ccc(N(c4ccc(-c5ccc6c(ccc7oc8ccccc8c76)c5)cc4)c4ccc5c(c4)sc4ccccc45)cc3)cccc2c1. The Morgan fingerprint density at radius 2 is 1.00 bits per heavy atom. The van der Waals surface area contributed by atoms with Gasteiger partial charge < -0.3 is 9.32 Å². The van der Waals surface area contributed by atoms with E-state index in [0.29, 0.717) is 0 Å². The van der Waals surface area contributed by atoms with Crippen LogP contribution < -0.4 is 4.90 Å². The number of thiophene rings is 1. The number of fused-ring (bicyclic) bond motifs is 9. The maximum absolute atomic E-state index is 6.16. The van der Waals surface area contributed by atoms with Gasteiger partial charge in [0.05, 0.1) is 0 Å². The fourth-order valence-corrected chi connectivity index (χ4v) is 9.24. The van der Waals surface area contributed by atoms with Crippen molar-refractivity contribution in [3.63, 3.8) is 0 Å². The molecule has 11 aromatic rings. The molecule has 0 saturated heterocycles. The summed E-state index contributed by atoms with van der Waals surface area (Å²) < 4.78 is 8.76. The van der Waals surface area contributed by atoms with E-state index < -0.39 is 0 Å². The first-order valence-corrected chi connectivity index (χ1v) is 18.8. The van der Waals surface area contributed by atoms with Crippen molar-refractivity contribution in [1.29, 1.82) is 0 Å². The van der Waals surface area contributed by atoms with Gasteiger partial charge >= 0.3 is 0 Å². The molecule has 2 aromatic heterocycles. The van der Waals surface area contributed by atoms with E-state index in [4.69, 9.17) is 4.42 Å². The molecule has 0 amide bonds. The van der Waals surface area contributed by atoms with E-state index in [2.05, 4.69) is 181 Å². The Bertz CT molecular complexity index is 3160. The fraction of sp³-hybridized carbons (Fsp3) is 0. The molecule has 0 atom stereocenters. The summed E-state index contributed by atoms with van der Waals surface area (Å²) in [5, 5.41) is 9.88. The summed E-state index contributed by atoms with van der Waals surface area (Å²) in [5.74, 6) is 0. The third-order valence-corrected chi connectivity index (χ3v) is 11.8. The number of rotatable bonds is 5. The summed E-state index contributed by atoms with van der Waals surface area (Å²) in [6.07, 6.45) is 0. The first kappa shape index (κ1) is 30.0. The number of furan rings is 1. The van der Waals surface area contributed by atoms with E-state index in [1.165, 1.54) is 69.4 Å². The van der Waals surface area contributed by atoms with Crippen LogP contribution >= 0.6 is 11.3 Å². The van der Waals surface area contributed by atoms with E-state index in [9.17, 15) is 0 Å². The van der Waals surface area contributed by atoms with Crippen LogP contribution in [-0.4, -0.2) is 0 Å². The average molecular weight is 694 g/mol. The van der Waals surface area contributed by atoms with Crippen molar-refractivity contribution in [3.8, 4) is 22.3 Å². The molecular weight excluding hydrogens is 663 g/mol. The van der Waals surface area contributed by atoms with Crippen molar-refractivity contribution in [2.45, 2.75) is 0 Å². The molecule has 0 fully saturated rings. The minimum Gasteiger partial charge on any atom is -0.456 e. The van der Waals surface area contributed by atoms with Gasteiger partial charge in [0.25, 0.3) is 0 Å². The van der Waals surface area contributed by atoms with Gasteiger partial charge in [0.15, 0.2) is 0 Å². The smallest absolute Gasteiger partial charge is 0.136 e. The predicted octanol–water partition coefficient (Wildman–Crippen LogP) is 15.1.